The molecule has 3 rings (SSSR count). The zero-order chi connectivity index (χ0) is 13.1. The summed E-state index contributed by atoms with van der Waals surface area (Å²) < 4.78 is 5.67. The molecule has 2 fully saturated rings. The van der Waals surface area contributed by atoms with Crippen LogP contribution in [0.3, 0.4) is 0 Å². The van der Waals surface area contributed by atoms with Crippen LogP contribution in [0.25, 0.3) is 0 Å². The molecule has 1 aliphatic carbocycles. The zero-order valence-corrected chi connectivity index (χ0v) is 11.8. The fourth-order valence-electron chi connectivity index (χ4n) is 2.93. The fraction of sp³-hybridized carbons (Fsp3) is 0.625. The van der Waals surface area contributed by atoms with E-state index >= 15 is 0 Å². The highest BCUT2D eigenvalue weighted by Crippen LogP contribution is 2.30. The third-order valence-corrected chi connectivity index (χ3v) is 4.14. The lowest BCUT2D eigenvalue weighted by atomic mass is 10.2. The van der Waals surface area contributed by atoms with E-state index in [1.807, 2.05) is 13.0 Å². The molecule has 1 saturated heterocycles. The van der Waals surface area contributed by atoms with Crippen LogP contribution >= 0.6 is 0 Å². The summed E-state index contributed by atoms with van der Waals surface area (Å²) in [6.45, 7) is 6.18. The van der Waals surface area contributed by atoms with Crippen molar-refractivity contribution in [3.8, 4) is 5.75 Å². The Hall–Kier alpha value is -1.06. The first-order chi connectivity index (χ1) is 9.36. The lowest BCUT2D eigenvalue weighted by Gasteiger charge is -2.17. The Kier molecular flexibility index (Phi) is 4.04. The van der Waals surface area contributed by atoms with Crippen LogP contribution in [0.5, 0.6) is 5.75 Å². The second kappa shape index (κ2) is 5.93. The van der Waals surface area contributed by atoms with Crippen LogP contribution < -0.4 is 10.1 Å². The SMILES string of the molecule is CCOc1ccccc1CNC1CCN(C2CC2)C1. The van der Waals surface area contributed by atoms with Gasteiger partial charge < -0.3 is 10.1 Å². The lowest BCUT2D eigenvalue weighted by molar-refractivity contribution is 0.315. The fourth-order valence-corrected chi connectivity index (χ4v) is 2.93. The van der Waals surface area contributed by atoms with Gasteiger partial charge in [-0.2, -0.15) is 0 Å². The Labute approximate surface area is 115 Å². The van der Waals surface area contributed by atoms with Gasteiger partial charge in [-0.25, -0.2) is 0 Å². The highest BCUT2D eigenvalue weighted by atomic mass is 16.5. The highest BCUT2D eigenvalue weighted by Gasteiger charge is 2.34. The Morgan fingerprint density at radius 2 is 2.11 bits per heavy atom. The highest BCUT2D eigenvalue weighted by molar-refractivity contribution is 5.33. The van der Waals surface area contributed by atoms with E-state index in [4.69, 9.17) is 4.74 Å². The zero-order valence-electron chi connectivity index (χ0n) is 11.8. The van der Waals surface area contributed by atoms with Gasteiger partial charge in [0, 0.05) is 37.3 Å². The van der Waals surface area contributed by atoms with Crippen molar-refractivity contribution >= 4 is 0 Å². The number of nitrogens with zero attached hydrogens (tertiary/aromatic N) is 1. The van der Waals surface area contributed by atoms with Crippen molar-refractivity contribution in [2.75, 3.05) is 19.7 Å². The summed E-state index contributed by atoms with van der Waals surface area (Å²) in [4.78, 5) is 2.64. The summed E-state index contributed by atoms with van der Waals surface area (Å²) in [6, 6.07) is 9.90. The van der Waals surface area contributed by atoms with Crippen LogP contribution in [0.2, 0.25) is 0 Å². The molecule has 0 bridgehead atoms. The van der Waals surface area contributed by atoms with Gasteiger partial charge in [-0.15, -0.1) is 0 Å². The molecule has 1 N–H and O–H groups in total. The van der Waals surface area contributed by atoms with Crippen LogP contribution in [0.4, 0.5) is 0 Å². The van der Waals surface area contributed by atoms with Crippen LogP contribution in [0.1, 0.15) is 31.7 Å². The number of likely N-dealkylation sites (tertiary alicyclic amines) is 1. The van der Waals surface area contributed by atoms with Crippen LogP contribution in [0, 0.1) is 0 Å². The molecule has 1 aromatic carbocycles. The molecular formula is C16H24N2O. The predicted octanol–water partition coefficient (Wildman–Crippen LogP) is 2.41. The Morgan fingerprint density at radius 1 is 1.26 bits per heavy atom. The average Bonchev–Trinajstić information content (AvgIpc) is 3.18. The van der Waals surface area contributed by atoms with Gasteiger partial charge in [0.25, 0.3) is 0 Å². The molecule has 0 radical (unpaired) electrons. The van der Waals surface area contributed by atoms with E-state index < -0.39 is 0 Å². The largest absolute Gasteiger partial charge is 0.494 e. The first-order valence-corrected chi connectivity index (χ1v) is 7.55. The summed E-state index contributed by atoms with van der Waals surface area (Å²) in [6.07, 6.45) is 4.12. The third-order valence-electron chi connectivity index (χ3n) is 4.14. The number of nitrogens with one attached hydrogen (secondary N) is 1. The maximum absolute atomic E-state index is 5.67. The number of para-hydroxylation sites is 1. The number of benzene rings is 1. The number of ether oxygens (including phenoxy) is 1. The van der Waals surface area contributed by atoms with Gasteiger partial charge in [0.15, 0.2) is 0 Å². The van der Waals surface area contributed by atoms with Crippen molar-refractivity contribution in [1.29, 1.82) is 0 Å². The third kappa shape index (κ3) is 3.28. The van der Waals surface area contributed by atoms with Crippen molar-refractivity contribution in [1.82, 2.24) is 10.2 Å². The molecule has 0 spiro atoms. The van der Waals surface area contributed by atoms with Crippen LogP contribution in [-0.2, 0) is 6.54 Å². The Balaban J connectivity index is 1.51. The van der Waals surface area contributed by atoms with Gasteiger partial charge in [-0.3, -0.25) is 4.90 Å². The molecule has 1 aromatic rings. The standard InChI is InChI=1S/C16H24N2O/c1-2-19-16-6-4-3-5-13(16)11-17-14-9-10-18(12-14)15-7-8-15/h3-6,14-15,17H,2,7-12H2,1H3. The van der Waals surface area contributed by atoms with E-state index in [1.165, 1.54) is 37.9 Å². The van der Waals surface area contributed by atoms with Crippen LogP contribution in [0.15, 0.2) is 24.3 Å². The van der Waals surface area contributed by atoms with E-state index in [0.29, 0.717) is 6.04 Å². The number of hydrogen-bond acceptors (Lipinski definition) is 3. The number of rotatable bonds is 6. The second-order valence-electron chi connectivity index (χ2n) is 5.63. The van der Waals surface area contributed by atoms with E-state index in [1.54, 1.807) is 0 Å². The molecule has 1 aliphatic heterocycles. The smallest absolute Gasteiger partial charge is 0.123 e. The first-order valence-electron chi connectivity index (χ1n) is 7.55. The topological polar surface area (TPSA) is 24.5 Å². The molecule has 3 heteroatoms. The minimum absolute atomic E-state index is 0.648. The Morgan fingerprint density at radius 3 is 2.89 bits per heavy atom. The molecule has 0 amide bonds. The van der Waals surface area contributed by atoms with Gasteiger partial charge in [-0.1, -0.05) is 18.2 Å². The summed E-state index contributed by atoms with van der Waals surface area (Å²) in [5, 5.41) is 3.69. The summed E-state index contributed by atoms with van der Waals surface area (Å²) in [7, 11) is 0. The molecule has 104 valence electrons. The second-order valence-corrected chi connectivity index (χ2v) is 5.63. The van der Waals surface area contributed by atoms with Gasteiger partial charge in [0.05, 0.1) is 6.61 Å². The quantitative estimate of drug-likeness (QED) is 0.850. The molecule has 1 atom stereocenters. The summed E-state index contributed by atoms with van der Waals surface area (Å²) >= 11 is 0. The Bertz CT molecular complexity index is 417. The molecule has 3 nitrogen and oxygen atoms in total. The maximum Gasteiger partial charge on any atom is 0.123 e. The van der Waals surface area contributed by atoms with Gasteiger partial charge in [-0.05, 0) is 32.3 Å². The summed E-state index contributed by atoms with van der Waals surface area (Å²) in [5.41, 5.74) is 1.27. The first kappa shape index (κ1) is 12.9. The van der Waals surface area contributed by atoms with Crippen molar-refractivity contribution in [3.63, 3.8) is 0 Å². The van der Waals surface area contributed by atoms with Gasteiger partial charge in [0.1, 0.15) is 5.75 Å². The van der Waals surface area contributed by atoms with Gasteiger partial charge in [0.2, 0.25) is 0 Å². The van der Waals surface area contributed by atoms with E-state index in [2.05, 4.69) is 28.4 Å². The normalized spacial score (nSPS) is 23.7. The lowest BCUT2D eigenvalue weighted by Crippen LogP contribution is -2.33. The predicted molar refractivity (Wildman–Crippen MR) is 77.5 cm³/mol. The minimum Gasteiger partial charge on any atom is -0.494 e. The van der Waals surface area contributed by atoms with E-state index in [-0.39, 0.29) is 0 Å². The van der Waals surface area contributed by atoms with Crippen LogP contribution in [-0.4, -0.2) is 36.7 Å². The number of hydrogen-bond donors (Lipinski definition) is 1. The molecule has 1 saturated carbocycles. The maximum atomic E-state index is 5.67. The van der Waals surface area contributed by atoms with E-state index in [0.717, 1.165) is 24.9 Å². The van der Waals surface area contributed by atoms with Crippen molar-refractivity contribution in [2.24, 2.45) is 0 Å². The molecule has 1 unspecified atom stereocenters. The minimum atomic E-state index is 0.648. The monoisotopic (exact) mass is 260 g/mol. The molecule has 2 aliphatic rings. The molecule has 0 aromatic heterocycles. The molecule has 1 heterocycles. The van der Waals surface area contributed by atoms with Crippen molar-refractivity contribution < 1.29 is 4.74 Å². The van der Waals surface area contributed by atoms with Crippen molar-refractivity contribution in [2.45, 2.75) is 44.8 Å². The molecule has 19 heavy (non-hydrogen) atoms. The van der Waals surface area contributed by atoms with E-state index in [9.17, 15) is 0 Å². The van der Waals surface area contributed by atoms with Gasteiger partial charge >= 0.3 is 0 Å². The molecular weight excluding hydrogens is 236 g/mol. The van der Waals surface area contributed by atoms with Crippen molar-refractivity contribution in [3.05, 3.63) is 29.8 Å². The summed E-state index contributed by atoms with van der Waals surface area (Å²) in [5.74, 6) is 1.02. The average molecular weight is 260 g/mol.